The van der Waals surface area contributed by atoms with Crippen molar-refractivity contribution in [1.29, 1.82) is 0 Å². The molecule has 0 radical (unpaired) electrons. The zero-order valence-electron chi connectivity index (χ0n) is 7.35. The van der Waals surface area contributed by atoms with Crippen molar-refractivity contribution in [2.24, 2.45) is 0 Å². The molecule has 76 valence electrons. The summed E-state index contributed by atoms with van der Waals surface area (Å²) in [6, 6.07) is 7.12. The van der Waals surface area contributed by atoms with Crippen LogP contribution in [0.2, 0.25) is 0 Å². The maximum atomic E-state index is 10.8. The van der Waals surface area contributed by atoms with Crippen LogP contribution in [0.4, 0.5) is 0 Å². The van der Waals surface area contributed by atoms with Crippen molar-refractivity contribution >= 4 is 21.9 Å². The summed E-state index contributed by atoms with van der Waals surface area (Å²) in [5, 5.41) is 15.7. The van der Waals surface area contributed by atoms with E-state index in [2.05, 4.69) is 30.9 Å². The van der Waals surface area contributed by atoms with Crippen molar-refractivity contribution in [3.05, 3.63) is 34.4 Å². The molecular weight excluding hydrogens is 264 g/mol. The molecule has 2 aromatic rings. The van der Waals surface area contributed by atoms with Gasteiger partial charge in [0.25, 0.3) is 0 Å². The number of benzene rings is 1. The van der Waals surface area contributed by atoms with E-state index in [1.54, 1.807) is 18.2 Å². The average Bonchev–Trinajstić information content (AvgIpc) is 2.67. The second kappa shape index (κ2) is 3.82. The second-order valence-corrected chi connectivity index (χ2v) is 3.60. The van der Waals surface area contributed by atoms with Crippen molar-refractivity contribution in [3.63, 3.8) is 0 Å². The molecule has 1 N–H and O–H groups in total. The maximum absolute atomic E-state index is 10.8. The highest BCUT2D eigenvalue weighted by Crippen LogP contribution is 2.28. The zero-order valence-corrected chi connectivity index (χ0v) is 8.93. The fourth-order valence-corrected chi connectivity index (χ4v) is 1.63. The first-order valence-electron chi connectivity index (χ1n) is 4.01. The number of carboxylic acid groups (broad SMARTS) is 1. The normalized spacial score (nSPS) is 10.2. The molecule has 2 rings (SSSR count). The van der Waals surface area contributed by atoms with Crippen molar-refractivity contribution in [1.82, 2.24) is 10.3 Å². The summed E-state index contributed by atoms with van der Waals surface area (Å²) in [6.07, 6.45) is 0. The number of aromatic carboxylic acids is 1. The highest BCUT2D eigenvalue weighted by molar-refractivity contribution is 9.10. The van der Waals surface area contributed by atoms with Crippen molar-refractivity contribution < 1.29 is 14.5 Å². The summed E-state index contributed by atoms with van der Waals surface area (Å²) < 4.78 is 5.15. The lowest BCUT2D eigenvalue weighted by Gasteiger charge is -1.98. The van der Waals surface area contributed by atoms with E-state index in [1.165, 1.54) is 0 Å². The molecule has 0 atom stereocenters. The third-order valence-corrected chi connectivity index (χ3v) is 2.51. The van der Waals surface area contributed by atoms with Gasteiger partial charge in [0.05, 0.1) is 0 Å². The molecule has 0 fully saturated rings. The van der Waals surface area contributed by atoms with Crippen LogP contribution in [0.15, 0.2) is 33.4 Å². The number of rotatable bonds is 2. The van der Waals surface area contributed by atoms with Crippen LogP contribution in [0.5, 0.6) is 0 Å². The Bertz CT molecular complexity index is 510. The minimum atomic E-state index is -1.16. The van der Waals surface area contributed by atoms with Gasteiger partial charge in [-0.1, -0.05) is 34.1 Å². The Kier molecular flexibility index (Phi) is 2.51. The number of nitrogens with zero attached hydrogens (tertiary/aromatic N) is 2. The molecule has 0 aliphatic carbocycles. The molecule has 0 amide bonds. The van der Waals surface area contributed by atoms with Gasteiger partial charge in [-0.15, -0.1) is 0 Å². The number of carboxylic acids is 1. The SMILES string of the molecule is O=C(O)c1nonc1-c1ccccc1Br. The topological polar surface area (TPSA) is 76.2 Å². The number of hydrogen-bond acceptors (Lipinski definition) is 4. The monoisotopic (exact) mass is 268 g/mol. The molecule has 0 bridgehead atoms. The van der Waals surface area contributed by atoms with Crippen LogP contribution >= 0.6 is 15.9 Å². The lowest BCUT2D eigenvalue weighted by atomic mass is 10.1. The van der Waals surface area contributed by atoms with Crippen molar-refractivity contribution in [3.8, 4) is 11.3 Å². The van der Waals surface area contributed by atoms with Gasteiger partial charge in [0.1, 0.15) is 0 Å². The summed E-state index contributed by atoms with van der Waals surface area (Å²) in [6.45, 7) is 0. The van der Waals surface area contributed by atoms with Crippen LogP contribution in [0.1, 0.15) is 10.5 Å². The molecule has 0 aliphatic rings. The van der Waals surface area contributed by atoms with Crippen molar-refractivity contribution in [2.75, 3.05) is 0 Å². The number of carbonyl (C=O) groups is 1. The zero-order chi connectivity index (χ0) is 10.8. The van der Waals surface area contributed by atoms with Gasteiger partial charge >= 0.3 is 5.97 Å². The molecule has 1 aromatic heterocycles. The number of halogens is 1. The fraction of sp³-hybridized carbons (Fsp3) is 0. The Balaban J connectivity index is 2.59. The first-order chi connectivity index (χ1) is 7.20. The highest BCUT2D eigenvalue weighted by atomic mass is 79.9. The van der Waals surface area contributed by atoms with E-state index in [0.717, 1.165) is 4.47 Å². The lowest BCUT2D eigenvalue weighted by molar-refractivity contribution is 0.0685. The Morgan fingerprint density at radius 2 is 2.07 bits per heavy atom. The second-order valence-electron chi connectivity index (χ2n) is 2.75. The summed E-state index contributed by atoms with van der Waals surface area (Å²) in [5.74, 6) is -1.16. The predicted octanol–water partition coefficient (Wildman–Crippen LogP) is 2.20. The van der Waals surface area contributed by atoms with Crippen LogP contribution in [0, 0.1) is 0 Å². The van der Waals surface area contributed by atoms with Crippen molar-refractivity contribution in [2.45, 2.75) is 0 Å². The van der Waals surface area contributed by atoms with E-state index in [0.29, 0.717) is 5.56 Å². The van der Waals surface area contributed by atoms with E-state index < -0.39 is 5.97 Å². The van der Waals surface area contributed by atoms with Crippen LogP contribution in [-0.2, 0) is 0 Å². The van der Waals surface area contributed by atoms with Crippen LogP contribution in [0.3, 0.4) is 0 Å². The Labute approximate surface area is 92.8 Å². The van der Waals surface area contributed by atoms with Gasteiger partial charge in [-0.2, -0.15) is 0 Å². The van der Waals surface area contributed by atoms with Gasteiger partial charge in [-0.3, -0.25) is 0 Å². The Morgan fingerprint density at radius 1 is 1.33 bits per heavy atom. The molecule has 1 aromatic carbocycles. The van der Waals surface area contributed by atoms with Crippen LogP contribution in [0.25, 0.3) is 11.3 Å². The third kappa shape index (κ3) is 1.75. The van der Waals surface area contributed by atoms with Crippen LogP contribution in [-0.4, -0.2) is 21.4 Å². The molecular formula is C9H5BrN2O3. The fourth-order valence-electron chi connectivity index (χ4n) is 1.16. The van der Waals surface area contributed by atoms with Gasteiger partial charge in [0.15, 0.2) is 5.69 Å². The first-order valence-corrected chi connectivity index (χ1v) is 4.80. The van der Waals surface area contributed by atoms with Gasteiger partial charge in [0, 0.05) is 10.0 Å². The third-order valence-electron chi connectivity index (χ3n) is 1.82. The average molecular weight is 269 g/mol. The van der Waals surface area contributed by atoms with E-state index >= 15 is 0 Å². The lowest BCUT2D eigenvalue weighted by Crippen LogP contribution is -1.99. The van der Waals surface area contributed by atoms with E-state index in [9.17, 15) is 4.79 Å². The van der Waals surface area contributed by atoms with Gasteiger partial charge in [-0.25, -0.2) is 9.42 Å². The molecule has 15 heavy (non-hydrogen) atoms. The molecule has 1 heterocycles. The van der Waals surface area contributed by atoms with Gasteiger partial charge in [-0.05, 0) is 16.4 Å². The minimum absolute atomic E-state index is 0.193. The molecule has 0 saturated heterocycles. The summed E-state index contributed by atoms with van der Waals surface area (Å²) >= 11 is 3.30. The van der Waals surface area contributed by atoms with E-state index in [4.69, 9.17) is 5.11 Å². The minimum Gasteiger partial charge on any atom is -0.476 e. The molecule has 0 saturated carbocycles. The first kappa shape index (κ1) is 9.85. The van der Waals surface area contributed by atoms with E-state index in [1.807, 2.05) is 6.07 Å². The Hall–Kier alpha value is -1.69. The van der Waals surface area contributed by atoms with E-state index in [-0.39, 0.29) is 11.4 Å². The van der Waals surface area contributed by atoms with Gasteiger partial charge < -0.3 is 5.11 Å². The summed E-state index contributed by atoms with van der Waals surface area (Å²) in [5.41, 5.74) is 0.660. The smallest absolute Gasteiger partial charge is 0.360 e. The van der Waals surface area contributed by atoms with Gasteiger partial charge in [0.2, 0.25) is 5.69 Å². The molecule has 0 unspecified atom stereocenters. The summed E-state index contributed by atoms with van der Waals surface area (Å²) in [7, 11) is 0. The molecule has 6 heteroatoms. The largest absolute Gasteiger partial charge is 0.476 e. The van der Waals surface area contributed by atoms with Crippen LogP contribution < -0.4 is 0 Å². The molecule has 5 nitrogen and oxygen atoms in total. The predicted molar refractivity (Wildman–Crippen MR) is 54.4 cm³/mol. The standard InChI is InChI=1S/C9H5BrN2O3/c10-6-4-2-1-3-5(6)7-8(9(13)14)12-15-11-7/h1-4H,(H,13,14). The number of aromatic nitrogens is 2. The highest BCUT2D eigenvalue weighted by Gasteiger charge is 2.19. The molecule has 0 aliphatic heterocycles. The quantitative estimate of drug-likeness (QED) is 0.904. The molecule has 0 spiro atoms. The maximum Gasteiger partial charge on any atom is 0.360 e. The number of hydrogen-bond donors (Lipinski definition) is 1. The Morgan fingerprint density at radius 3 is 2.73 bits per heavy atom. The summed E-state index contributed by atoms with van der Waals surface area (Å²) in [4.78, 5) is 10.8.